The second-order valence-corrected chi connectivity index (χ2v) is 4.21. The third-order valence-corrected chi connectivity index (χ3v) is 2.81. The van der Waals surface area contributed by atoms with E-state index < -0.39 is 0 Å². The lowest BCUT2D eigenvalue weighted by atomic mass is 10.1. The van der Waals surface area contributed by atoms with E-state index in [1.165, 1.54) is 0 Å². The monoisotopic (exact) mass is 225 g/mol. The predicted molar refractivity (Wildman–Crippen MR) is 59.2 cm³/mol. The molecular weight excluding hydrogens is 206 g/mol. The lowest BCUT2D eigenvalue weighted by Gasteiger charge is -2.07. The van der Waals surface area contributed by atoms with Gasteiger partial charge < -0.3 is 14.5 Å². The second kappa shape index (κ2) is 5.41. The zero-order chi connectivity index (χ0) is 11.4. The van der Waals surface area contributed by atoms with Crippen molar-refractivity contribution in [3.63, 3.8) is 0 Å². The number of nitrogens with one attached hydrogen (secondary N) is 1. The van der Waals surface area contributed by atoms with Gasteiger partial charge in [0.15, 0.2) is 0 Å². The highest BCUT2D eigenvalue weighted by molar-refractivity contribution is 4.95. The summed E-state index contributed by atoms with van der Waals surface area (Å²) < 4.78 is 11.0. The molecule has 0 radical (unpaired) electrons. The Balaban J connectivity index is 1.95. The van der Waals surface area contributed by atoms with Gasteiger partial charge in [0.05, 0.1) is 18.6 Å². The molecule has 1 aliphatic heterocycles. The number of hydrogen-bond acceptors (Lipinski definition) is 5. The molecule has 1 saturated heterocycles. The quantitative estimate of drug-likeness (QED) is 0.825. The van der Waals surface area contributed by atoms with Crippen molar-refractivity contribution < 1.29 is 9.15 Å². The van der Waals surface area contributed by atoms with E-state index >= 15 is 0 Å². The van der Waals surface area contributed by atoms with Crippen LogP contribution in [0.15, 0.2) is 4.42 Å². The van der Waals surface area contributed by atoms with Crippen molar-refractivity contribution in [1.29, 1.82) is 0 Å². The molecule has 5 nitrogen and oxygen atoms in total. The maximum absolute atomic E-state index is 5.66. The van der Waals surface area contributed by atoms with Crippen LogP contribution in [0.1, 0.15) is 50.4 Å². The Hall–Kier alpha value is -0.940. The molecule has 1 fully saturated rings. The van der Waals surface area contributed by atoms with Crippen molar-refractivity contribution in [2.24, 2.45) is 0 Å². The Labute approximate surface area is 95.6 Å². The summed E-state index contributed by atoms with van der Waals surface area (Å²) >= 11 is 0. The molecule has 0 saturated carbocycles. The van der Waals surface area contributed by atoms with Crippen LogP contribution in [-0.2, 0) is 4.74 Å². The van der Waals surface area contributed by atoms with E-state index in [9.17, 15) is 0 Å². The van der Waals surface area contributed by atoms with Crippen LogP contribution < -0.4 is 5.32 Å². The first-order chi connectivity index (χ1) is 7.81. The topological polar surface area (TPSA) is 60.2 Å². The van der Waals surface area contributed by atoms with E-state index in [4.69, 9.17) is 9.15 Å². The van der Waals surface area contributed by atoms with Crippen LogP contribution in [0.2, 0.25) is 0 Å². The van der Waals surface area contributed by atoms with Crippen LogP contribution in [-0.4, -0.2) is 30.0 Å². The highest BCUT2D eigenvalue weighted by Crippen LogP contribution is 2.25. The van der Waals surface area contributed by atoms with Crippen molar-refractivity contribution in [2.75, 3.05) is 19.8 Å². The van der Waals surface area contributed by atoms with Crippen LogP contribution in [0.4, 0.5) is 0 Å². The van der Waals surface area contributed by atoms with Gasteiger partial charge in [-0.3, -0.25) is 0 Å². The first kappa shape index (κ1) is 11.5. The van der Waals surface area contributed by atoms with Gasteiger partial charge in [-0.25, -0.2) is 0 Å². The standard InChI is InChI=1S/C11H19N3O2/c1-3-5-12-8(2)10-13-14-11(16-10)9-4-6-15-7-9/h8-9,12H,3-7H2,1-2H3. The SMILES string of the molecule is CCCNC(C)c1nnc(C2CCOC2)o1. The zero-order valence-corrected chi connectivity index (χ0v) is 9.90. The molecule has 0 aromatic carbocycles. The van der Waals surface area contributed by atoms with Gasteiger partial charge >= 0.3 is 0 Å². The van der Waals surface area contributed by atoms with Crippen molar-refractivity contribution in [2.45, 2.75) is 38.6 Å². The second-order valence-electron chi connectivity index (χ2n) is 4.21. The van der Waals surface area contributed by atoms with Crippen LogP contribution in [0.25, 0.3) is 0 Å². The van der Waals surface area contributed by atoms with Crippen molar-refractivity contribution in [3.8, 4) is 0 Å². The molecule has 2 unspecified atom stereocenters. The Morgan fingerprint density at radius 3 is 3.06 bits per heavy atom. The lowest BCUT2D eigenvalue weighted by Crippen LogP contribution is -2.19. The average Bonchev–Trinajstić information content (AvgIpc) is 2.94. The smallest absolute Gasteiger partial charge is 0.233 e. The number of rotatable bonds is 5. The minimum absolute atomic E-state index is 0.128. The molecule has 0 aliphatic carbocycles. The fourth-order valence-corrected chi connectivity index (χ4v) is 1.76. The third kappa shape index (κ3) is 2.59. The number of nitrogens with zero attached hydrogens (tertiary/aromatic N) is 2. The van der Waals surface area contributed by atoms with E-state index in [0.717, 1.165) is 31.9 Å². The minimum Gasteiger partial charge on any atom is -0.423 e. The molecule has 16 heavy (non-hydrogen) atoms. The highest BCUT2D eigenvalue weighted by atomic mass is 16.5. The molecule has 2 atom stereocenters. The van der Waals surface area contributed by atoms with Crippen LogP contribution in [0.3, 0.4) is 0 Å². The van der Waals surface area contributed by atoms with Crippen LogP contribution in [0.5, 0.6) is 0 Å². The van der Waals surface area contributed by atoms with Crippen molar-refractivity contribution in [3.05, 3.63) is 11.8 Å². The van der Waals surface area contributed by atoms with Gasteiger partial charge in [0.1, 0.15) is 0 Å². The molecule has 2 heterocycles. The third-order valence-electron chi connectivity index (χ3n) is 2.81. The van der Waals surface area contributed by atoms with Crippen LogP contribution in [0, 0.1) is 0 Å². The summed E-state index contributed by atoms with van der Waals surface area (Å²) in [5.74, 6) is 1.69. The molecule has 0 bridgehead atoms. The van der Waals surface area contributed by atoms with Gasteiger partial charge in [0, 0.05) is 6.61 Å². The summed E-state index contributed by atoms with van der Waals surface area (Å²) in [6, 6.07) is 0.128. The van der Waals surface area contributed by atoms with E-state index in [1.807, 2.05) is 6.92 Å². The molecule has 1 N–H and O–H groups in total. The van der Waals surface area contributed by atoms with Gasteiger partial charge in [-0.05, 0) is 26.3 Å². The minimum atomic E-state index is 0.128. The summed E-state index contributed by atoms with van der Waals surface area (Å²) in [5, 5.41) is 11.5. The van der Waals surface area contributed by atoms with E-state index in [0.29, 0.717) is 18.4 Å². The lowest BCUT2D eigenvalue weighted by molar-refractivity contribution is 0.190. The molecule has 5 heteroatoms. The van der Waals surface area contributed by atoms with Crippen molar-refractivity contribution >= 4 is 0 Å². The summed E-state index contributed by atoms with van der Waals surface area (Å²) in [6.07, 6.45) is 2.08. The number of hydrogen-bond donors (Lipinski definition) is 1. The normalized spacial score (nSPS) is 22.5. The fourth-order valence-electron chi connectivity index (χ4n) is 1.76. The van der Waals surface area contributed by atoms with E-state index in [1.54, 1.807) is 0 Å². The predicted octanol–water partition coefficient (Wildman–Crippen LogP) is 1.63. The summed E-state index contributed by atoms with van der Waals surface area (Å²) in [7, 11) is 0. The Kier molecular flexibility index (Phi) is 3.90. The maximum atomic E-state index is 5.66. The molecule has 1 aromatic heterocycles. The number of aromatic nitrogens is 2. The Bertz CT molecular complexity index is 321. The van der Waals surface area contributed by atoms with E-state index in [2.05, 4.69) is 22.4 Å². The average molecular weight is 225 g/mol. The zero-order valence-electron chi connectivity index (χ0n) is 9.90. The molecule has 90 valence electrons. The molecule has 2 rings (SSSR count). The highest BCUT2D eigenvalue weighted by Gasteiger charge is 2.24. The first-order valence-electron chi connectivity index (χ1n) is 5.95. The van der Waals surface area contributed by atoms with E-state index in [-0.39, 0.29) is 6.04 Å². The molecule has 1 aliphatic rings. The van der Waals surface area contributed by atoms with Gasteiger partial charge in [-0.1, -0.05) is 6.92 Å². The fraction of sp³-hybridized carbons (Fsp3) is 0.818. The Morgan fingerprint density at radius 2 is 2.38 bits per heavy atom. The summed E-state index contributed by atoms with van der Waals surface area (Å²) in [5.41, 5.74) is 0. The summed E-state index contributed by atoms with van der Waals surface area (Å²) in [4.78, 5) is 0. The molecular formula is C11H19N3O2. The first-order valence-corrected chi connectivity index (χ1v) is 5.95. The van der Waals surface area contributed by atoms with Gasteiger partial charge in [-0.15, -0.1) is 10.2 Å². The molecule has 1 aromatic rings. The van der Waals surface area contributed by atoms with Crippen molar-refractivity contribution in [1.82, 2.24) is 15.5 Å². The molecule has 0 amide bonds. The summed E-state index contributed by atoms with van der Waals surface area (Å²) in [6.45, 7) is 6.64. The largest absolute Gasteiger partial charge is 0.423 e. The van der Waals surface area contributed by atoms with Gasteiger partial charge in [0.2, 0.25) is 11.8 Å². The molecule has 0 spiro atoms. The van der Waals surface area contributed by atoms with Gasteiger partial charge in [0.25, 0.3) is 0 Å². The number of ether oxygens (including phenoxy) is 1. The maximum Gasteiger partial charge on any atom is 0.233 e. The van der Waals surface area contributed by atoms with Crippen LogP contribution >= 0.6 is 0 Å². The van der Waals surface area contributed by atoms with Gasteiger partial charge in [-0.2, -0.15) is 0 Å². The Morgan fingerprint density at radius 1 is 1.50 bits per heavy atom.